The van der Waals surface area contributed by atoms with Gasteiger partial charge in [-0.15, -0.1) is 0 Å². The number of hydrogen-bond donors (Lipinski definition) is 2. The summed E-state index contributed by atoms with van der Waals surface area (Å²) in [6.07, 6.45) is 5.30. The number of anilines is 2. The minimum atomic E-state index is -0.178. The molecule has 0 spiro atoms. The summed E-state index contributed by atoms with van der Waals surface area (Å²) in [5.74, 6) is 0. The van der Waals surface area contributed by atoms with Gasteiger partial charge in [-0.25, -0.2) is 14.8 Å². The highest BCUT2D eigenvalue weighted by molar-refractivity contribution is 7.99. The van der Waals surface area contributed by atoms with E-state index in [0.29, 0.717) is 0 Å². The Kier molecular flexibility index (Phi) is 6.26. The molecule has 1 aromatic carbocycles. The van der Waals surface area contributed by atoms with E-state index in [9.17, 15) is 4.79 Å². The predicted octanol–water partition coefficient (Wildman–Crippen LogP) is 4.42. The summed E-state index contributed by atoms with van der Waals surface area (Å²) in [5.41, 5.74) is 1.96. The minimum absolute atomic E-state index is 0.178. The van der Waals surface area contributed by atoms with Crippen molar-refractivity contribution in [1.29, 1.82) is 0 Å². The summed E-state index contributed by atoms with van der Waals surface area (Å²) in [7, 11) is 0. The first-order chi connectivity index (χ1) is 14.3. The highest BCUT2D eigenvalue weighted by Gasteiger charge is 2.20. The van der Waals surface area contributed by atoms with Gasteiger partial charge in [-0.2, -0.15) is 0 Å². The number of pyridine rings is 2. The Balaban J connectivity index is 1.27. The molecule has 0 bridgehead atoms. The van der Waals surface area contributed by atoms with Gasteiger partial charge < -0.3 is 15.5 Å². The normalized spacial score (nSPS) is 14.4. The molecule has 148 valence electrons. The van der Waals surface area contributed by atoms with E-state index in [1.807, 2.05) is 30.3 Å². The summed E-state index contributed by atoms with van der Waals surface area (Å²) in [6.45, 7) is 1.88. The standard InChI is InChI=1S/C22H23N5OS/c28-22(25-17-10-14-27(15-11-17)19-6-2-1-3-7-19)26-18-9-13-24-21(16-18)29-20-8-4-5-12-23-20/h1-9,12-13,16-17H,10-11,14-15H2,(H2,24,25,26,28). The predicted molar refractivity (Wildman–Crippen MR) is 116 cm³/mol. The van der Waals surface area contributed by atoms with Gasteiger partial charge in [0.25, 0.3) is 0 Å². The van der Waals surface area contributed by atoms with Crippen molar-refractivity contribution in [2.45, 2.75) is 28.9 Å². The van der Waals surface area contributed by atoms with E-state index in [1.54, 1.807) is 18.5 Å². The van der Waals surface area contributed by atoms with Crippen molar-refractivity contribution in [3.8, 4) is 0 Å². The number of carbonyl (C=O) groups is 1. The van der Waals surface area contributed by atoms with Crippen LogP contribution in [0.25, 0.3) is 0 Å². The average molecular weight is 406 g/mol. The van der Waals surface area contributed by atoms with E-state index in [-0.39, 0.29) is 12.1 Å². The molecular weight excluding hydrogens is 382 g/mol. The number of benzene rings is 1. The second-order valence-electron chi connectivity index (χ2n) is 6.85. The smallest absolute Gasteiger partial charge is 0.319 e. The maximum atomic E-state index is 12.4. The number of aromatic nitrogens is 2. The highest BCUT2D eigenvalue weighted by atomic mass is 32.2. The zero-order valence-electron chi connectivity index (χ0n) is 16.0. The van der Waals surface area contributed by atoms with Crippen LogP contribution in [0.2, 0.25) is 0 Å². The second kappa shape index (κ2) is 9.43. The third kappa shape index (κ3) is 5.48. The first-order valence-electron chi connectivity index (χ1n) is 9.69. The quantitative estimate of drug-likeness (QED) is 0.658. The molecule has 1 aliphatic heterocycles. The SMILES string of the molecule is O=C(Nc1ccnc(Sc2ccccn2)c1)NC1CCN(c2ccccc2)CC1. The monoisotopic (exact) mass is 405 g/mol. The largest absolute Gasteiger partial charge is 0.371 e. The molecule has 4 rings (SSSR count). The maximum Gasteiger partial charge on any atom is 0.319 e. The Morgan fingerprint density at radius 2 is 1.69 bits per heavy atom. The molecule has 2 amide bonds. The van der Waals surface area contributed by atoms with Crippen molar-refractivity contribution in [3.63, 3.8) is 0 Å². The molecule has 3 heterocycles. The lowest BCUT2D eigenvalue weighted by molar-refractivity contribution is 0.246. The lowest BCUT2D eigenvalue weighted by atomic mass is 10.0. The lowest BCUT2D eigenvalue weighted by Gasteiger charge is -2.33. The first-order valence-corrected chi connectivity index (χ1v) is 10.5. The van der Waals surface area contributed by atoms with Crippen LogP contribution in [0, 0.1) is 0 Å². The van der Waals surface area contributed by atoms with Crippen LogP contribution in [-0.4, -0.2) is 35.1 Å². The number of rotatable bonds is 5. The molecular formula is C22H23N5OS. The van der Waals surface area contributed by atoms with Gasteiger partial charge >= 0.3 is 6.03 Å². The number of hydrogen-bond acceptors (Lipinski definition) is 5. The van der Waals surface area contributed by atoms with Gasteiger partial charge in [0, 0.05) is 42.9 Å². The fourth-order valence-electron chi connectivity index (χ4n) is 3.33. The number of nitrogens with one attached hydrogen (secondary N) is 2. The number of urea groups is 1. The van der Waals surface area contributed by atoms with Gasteiger partial charge in [-0.05, 0) is 49.2 Å². The van der Waals surface area contributed by atoms with Gasteiger partial charge in [0.15, 0.2) is 0 Å². The number of piperidine rings is 1. The summed E-state index contributed by atoms with van der Waals surface area (Å²) in [4.78, 5) is 23.4. The third-order valence-corrected chi connectivity index (χ3v) is 5.67. The van der Waals surface area contributed by atoms with Crippen LogP contribution in [0.1, 0.15) is 12.8 Å². The Labute approximate surface area is 174 Å². The van der Waals surface area contributed by atoms with E-state index in [1.165, 1.54) is 17.4 Å². The molecule has 7 heteroatoms. The average Bonchev–Trinajstić information content (AvgIpc) is 2.76. The van der Waals surface area contributed by atoms with Crippen molar-refractivity contribution in [3.05, 3.63) is 73.1 Å². The van der Waals surface area contributed by atoms with Gasteiger partial charge in [0.05, 0.1) is 0 Å². The maximum absolute atomic E-state index is 12.4. The molecule has 0 radical (unpaired) electrons. The van der Waals surface area contributed by atoms with Gasteiger partial charge in [-0.1, -0.05) is 36.0 Å². The van der Waals surface area contributed by atoms with Crippen LogP contribution in [0.5, 0.6) is 0 Å². The van der Waals surface area contributed by atoms with Gasteiger partial charge in [0.1, 0.15) is 10.1 Å². The summed E-state index contributed by atoms with van der Waals surface area (Å²) < 4.78 is 0. The van der Waals surface area contributed by atoms with Crippen LogP contribution in [0.3, 0.4) is 0 Å². The second-order valence-corrected chi connectivity index (χ2v) is 7.89. The van der Waals surface area contributed by atoms with Crippen molar-refractivity contribution in [1.82, 2.24) is 15.3 Å². The number of para-hydroxylation sites is 1. The van der Waals surface area contributed by atoms with E-state index in [2.05, 4.69) is 49.8 Å². The van der Waals surface area contributed by atoms with Crippen molar-refractivity contribution >= 4 is 29.2 Å². The molecule has 2 N–H and O–H groups in total. The molecule has 1 fully saturated rings. The summed E-state index contributed by atoms with van der Waals surface area (Å²) in [5, 5.41) is 7.67. The summed E-state index contributed by atoms with van der Waals surface area (Å²) in [6, 6.07) is 19.8. The van der Waals surface area contributed by atoms with E-state index >= 15 is 0 Å². The molecule has 0 atom stereocenters. The molecule has 3 aromatic rings. The first kappa shape index (κ1) is 19.3. The number of carbonyl (C=O) groups excluding carboxylic acids is 1. The Morgan fingerprint density at radius 3 is 2.45 bits per heavy atom. The van der Waals surface area contributed by atoms with Crippen LogP contribution >= 0.6 is 11.8 Å². The van der Waals surface area contributed by atoms with E-state index < -0.39 is 0 Å². The molecule has 29 heavy (non-hydrogen) atoms. The Bertz CT molecular complexity index is 930. The van der Waals surface area contributed by atoms with Gasteiger partial charge in [-0.3, -0.25) is 0 Å². The summed E-state index contributed by atoms with van der Waals surface area (Å²) >= 11 is 1.46. The number of nitrogens with zero attached hydrogens (tertiary/aromatic N) is 3. The van der Waals surface area contributed by atoms with E-state index in [0.717, 1.165) is 41.7 Å². The molecule has 0 aliphatic carbocycles. The van der Waals surface area contributed by atoms with Crippen LogP contribution in [0.15, 0.2) is 83.1 Å². The molecule has 0 saturated carbocycles. The van der Waals surface area contributed by atoms with Crippen molar-refractivity contribution in [2.24, 2.45) is 0 Å². The zero-order valence-corrected chi connectivity index (χ0v) is 16.8. The van der Waals surface area contributed by atoms with E-state index in [4.69, 9.17) is 0 Å². The van der Waals surface area contributed by atoms with Crippen molar-refractivity contribution in [2.75, 3.05) is 23.3 Å². The van der Waals surface area contributed by atoms with Crippen LogP contribution in [0.4, 0.5) is 16.2 Å². The molecule has 1 aliphatic rings. The Morgan fingerprint density at radius 1 is 0.931 bits per heavy atom. The van der Waals surface area contributed by atoms with Crippen LogP contribution < -0.4 is 15.5 Å². The topological polar surface area (TPSA) is 70.1 Å². The molecule has 6 nitrogen and oxygen atoms in total. The van der Waals surface area contributed by atoms with Gasteiger partial charge in [0.2, 0.25) is 0 Å². The lowest BCUT2D eigenvalue weighted by Crippen LogP contribution is -2.46. The van der Waals surface area contributed by atoms with Crippen molar-refractivity contribution < 1.29 is 4.79 Å². The number of amides is 2. The molecule has 2 aromatic heterocycles. The fourth-order valence-corrected chi connectivity index (χ4v) is 4.10. The Hall–Kier alpha value is -3.06. The van der Waals surface area contributed by atoms with Crippen LogP contribution in [-0.2, 0) is 0 Å². The third-order valence-electron chi connectivity index (χ3n) is 4.79. The molecule has 1 saturated heterocycles. The highest BCUT2D eigenvalue weighted by Crippen LogP contribution is 2.25. The zero-order chi connectivity index (χ0) is 19.9. The molecule has 0 unspecified atom stereocenters. The fraction of sp³-hybridized carbons (Fsp3) is 0.227. The minimum Gasteiger partial charge on any atom is -0.371 e.